The van der Waals surface area contributed by atoms with Crippen molar-refractivity contribution >= 4 is 17.0 Å². The van der Waals surface area contributed by atoms with Gasteiger partial charge < -0.3 is 19.5 Å². The second-order valence-electron chi connectivity index (χ2n) is 7.73. The summed E-state index contributed by atoms with van der Waals surface area (Å²) in [6.45, 7) is 2.26. The van der Waals surface area contributed by atoms with Crippen LogP contribution in [0.1, 0.15) is 21.7 Å². The Kier molecular flexibility index (Phi) is 5.39. The van der Waals surface area contributed by atoms with E-state index in [-0.39, 0.29) is 17.3 Å². The molecule has 0 aliphatic rings. The van der Waals surface area contributed by atoms with Crippen LogP contribution in [0.2, 0.25) is 0 Å². The van der Waals surface area contributed by atoms with Gasteiger partial charge in [-0.25, -0.2) is 9.78 Å². The first-order valence-electron chi connectivity index (χ1n) is 10.6. The summed E-state index contributed by atoms with van der Waals surface area (Å²) in [5.41, 5.74) is 3.50. The maximum atomic E-state index is 11.6. The molecule has 0 unspecified atom stereocenters. The van der Waals surface area contributed by atoms with Gasteiger partial charge in [0.1, 0.15) is 17.1 Å². The van der Waals surface area contributed by atoms with Crippen molar-refractivity contribution in [2.24, 2.45) is 0 Å². The van der Waals surface area contributed by atoms with Crippen LogP contribution >= 0.6 is 0 Å². The van der Waals surface area contributed by atoms with Crippen molar-refractivity contribution in [1.29, 1.82) is 0 Å². The zero-order valence-corrected chi connectivity index (χ0v) is 18.2. The largest absolute Gasteiger partial charge is 0.491 e. The predicted octanol–water partition coefficient (Wildman–Crippen LogP) is 5.05. The maximum Gasteiger partial charge on any atom is 0.336 e. The lowest BCUT2D eigenvalue weighted by Crippen LogP contribution is -2.03. The summed E-state index contributed by atoms with van der Waals surface area (Å²) >= 11 is 0. The van der Waals surface area contributed by atoms with Crippen LogP contribution < -0.4 is 4.74 Å². The van der Waals surface area contributed by atoms with Gasteiger partial charge in [0.15, 0.2) is 5.52 Å². The summed E-state index contributed by atoms with van der Waals surface area (Å²) in [6, 6.07) is 23.7. The number of ether oxygens (including phenoxy) is 1. The quantitative estimate of drug-likeness (QED) is 0.371. The highest BCUT2D eigenvalue weighted by Gasteiger charge is 2.19. The van der Waals surface area contributed by atoms with E-state index >= 15 is 0 Å². The van der Waals surface area contributed by atoms with Crippen LogP contribution in [-0.4, -0.2) is 35.9 Å². The molecule has 0 aliphatic carbocycles. The maximum absolute atomic E-state index is 11.6. The smallest absolute Gasteiger partial charge is 0.336 e. The van der Waals surface area contributed by atoms with Crippen LogP contribution in [0.3, 0.4) is 0 Å². The third-order valence-electron chi connectivity index (χ3n) is 5.53. The van der Waals surface area contributed by atoms with Crippen LogP contribution in [0.4, 0.5) is 0 Å². The SMILES string of the molecule is Cc1nc2c(Oc3ccccc3)nnc(O)c2n1Cc1ccc(-c2ccccc2C(=O)O)cc1. The molecule has 2 aromatic heterocycles. The first kappa shape index (κ1) is 21.1. The Morgan fingerprint density at radius 3 is 2.38 bits per heavy atom. The number of fused-ring (bicyclic) bond motifs is 1. The molecule has 5 aromatic rings. The van der Waals surface area contributed by atoms with E-state index in [0.29, 0.717) is 34.7 Å². The molecular weight excluding hydrogens is 432 g/mol. The molecule has 3 aromatic carbocycles. The average molecular weight is 452 g/mol. The molecule has 0 amide bonds. The number of aromatic carboxylic acids is 1. The summed E-state index contributed by atoms with van der Waals surface area (Å²) in [4.78, 5) is 16.1. The van der Waals surface area contributed by atoms with Gasteiger partial charge in [0.05, 0.1) is 5.56 Å². The van der Waals surface area contributed by atoms with Gasteiger partial charge in [0.25, 0.3) is 11.8 Å². The Morgan fingerprint density at radius 1 is 0.941 bits per heavy atom. The summed E-state index contributed by atoms with van der Waals surface area (Å²) in [5.74, 6) is 0.265. The normalized spacial score (nSPS) is 11.0. The fourth-order valence-corrected chi connectivity index (χ4v) is 3.88. The molecule has 0 aliphatic heterocycles. The Balaban J connectivity index is 1.48. The van der Waals surface area contributed by atoms with E-state index in [4.69, 9.17) is 4.74 Å². The van der Waals surface area contributed by atoms with Gasteiger partial charge >= 0.3 is 5.97 Å². The zero-order chi connectivity index (χ0) is 23.7. The van der Waals surface area contributed by atoms with E-state index in [1.807, 2.05) is 60.0 Å². The first-order chi connectivity index (χ1) is 16.5. The van der Waals surface area contributed by atoms with Crippen molar-refractivity contribution in [3.05, 3.63) is 95.8 Å². The number of carboxylic acid groups (broad SMARTS) is 1. The van der Waals surface area contributed by atoms with Gasteiger partial charge in [-0.05, 0) is 41.8 Å². The van der Waals surface area contributed by atoms with Crippen LogP contribution in [0.25, 0.3) is 22.2 Å². The van der Waals surface area contributed by atoms with E-state index in [9.17, 15) is 15.0 Å². The van der Waals surface area contributed by atoms with Crippen molar-refractivity contribution in [3.63, 3.8) is 0 Å². The minimum atomic E-state index is -0.967. The molecule has 0 bridgehead atoms. The number of para-hydroxylation sites is 1. The zero-order valence-electron chi connectivity index (χ0n) is 18.2. The number of carboxylic acids is 1. The third-order valence-corrected chi connectivity index (χ3v) is 5.53. The molecule has 0 saturated heterocycles. The van der Waals surface area contributed by atoms with Crippen LogP contribution in [0, 0.1) is 6.92 Å². The molecule has 0 fully saturated rings. The van der Waals surface area contributed by atoms with Gasteiger partial charge in [-0.15, -0.1) is 10.2 Å². The number of hydrogen-bond donors (Lipinski definition) is 2. The van der Waals surface area contributed by atoms with E-state index < -0.39 is 5.97 Å². The van der Waals surface area contributed by atoms with Crippen LogP contribution in [0.15, 0.2) is 78.9 Å². The Bertz CT molecular complexity index is 1500. The standard InChI is InChI=1S/C26H20N4O4/c1-16-27-22-23(24(31)28-29-25(22)34-19-7-3-2-4-8-19)30(16)15-17-11-13-18(14-12-17)20-9-5-6-10-21(20)26(32)33/h2-14H,15H2,1H3,(H,28,31)(H,32,33). The number of rotatable bonds is 6. The van der Waals surface area contributed by atoms with Crippen LogP contribution in [0.5, 0.6) is 17.5 Å². The predicted molar refractivity (Wildman–Crippen MR) is 126 cm³/mol. The Labute approximate surface area is 194 Å². The molecule has 2 heterocycles. The lowest BCUT2D eigenvalue weighted by Gasteiger charge is -2.10. The number of aryl methyl sites for hydroxylation is 1. The van der Waals surface area contributed by atoms with Gasteiger partial charge in [0, 0.05) is 6.54 Å². The molecule has 0 saturated carbocycles. The number of imidazole rings is 1. The molecule has 0 spiro atoms. The highest BCUT2D eigenvalue weighted by Crippen LogP contribution is 2.32. The van der Waals surface area contributed by atoms with Gasteiger partial charge in [-0.2, -0.15) is 0 Å². The van der Waals surface area contributed by atoms with Gasteiger partial charge in [-0.3, -0.25) is 0 Å². The molecule has 34 heavy (non-hydrogen) atoms. The number of aromatic nitrogens is 4. The third kappa shape index (κ3) is 3.93. The monoisotopic (exact) mass is 452 g/mol. The van der Waals surface area contributed by atoms with Crippen molar-refractivity contribution < 1.29 is 19.7 Å². The molecule has 5 rings (SSSR count). The van der Waals surface area contributed by atoms with Crippen molar-refractivity contribution in [1.82, 2.24) is 19.7 Å². The lowest BCUT2D eigenvalue weighted by atomic mass is 9.99. The number of hydrogen-bond acceptors (Lipinski definition) is 6. The molecule has 8 heteroatoms. The van der Waals surface area contributed by atoms with Crippen molar-refractivity contribution in [2.75, 3.05) is 0 Å². The number of carbonyl (C=O) groups is 1. The molecule has 8 nitrogen and oxygen atoms in total. The minimum Gasteiger partial charge on any atom is -0.491 e. The first-order valence-corrected chi connectivity index (χ1v) is 10.6. The number of benzene rings is 3. The molecule has 0 radical (unpaired) electrons. The summed E-state index contributed by atoms with van der Waals surface area (Å²) in [7, 11) is 0. The average Bonchev–Trinajstić information content (AvgIpc) is 3.19. The van der Waals surface area contributed by atoms with E-state index in [1.54, 1.807) is 30.3 Å². The number of aromatic hydroxyl groups is 1. The van der Waals surface area contributed by atoms with Gasteiger partial charge in [-0.1, -0.05) is 60.7 Å². The fraction of sp³-hybridized carbons (Fsp3) is 0.0769. The van der Waals surface area contributed by atoms with Crippen molar-refractivity contribution in [3.8, 4) is 28.6 Å². The minimum absolute atomic E-state index is 0.210. The topological polar surface area (TPSA) is 110 Å². The summed E-state index contributed by atoms with van der Waals surface area (Å²) in [5, 5.41) is 27.8. The molecule has 2 N–H and O–H groups in total. The lowest BCUT2D eigenvalue weighted by molar-refractivity contribution is 0.0697. The molecule has 0 atom stereocenters. The second kappa shape index (κ2) is 8.67. The van der Waals surface area contributed by atoms with Crippen molar-refractivity contribution in [2.45, 2.75) is 13.5 Å². The Morgan fingerprint density at radius 2 is 1.65 bits per heavy atom. The second-order valence-corrected chi connectivity index (χ2v) is 7.73. The fourth-order valence-electron chi connectivity index (χ4n) is 3.88. The number of nitrogens with zero attached hydrogens (tertiary/aromatic N) is 4. The molecule has 168 valence electrons. The summed E-state index contributed by atoms with van der Waals surface area (Å²) < 4.78 is 7.70. The van der Waals surface area contributed by atoms with Gasteiger partial charge in [0.2, 0.25) is 0 Å². The van der Waals surface area contributed by atoms with E-state index in [0.717, 1.165) is 11.1 Å². The molecular formula is C26H20N4O4. The highest BCUT2D eigenvalue weighted by atomic mass is 16.5. The highest BCUT2D eigenvalue weighted by molar-refractivity contribution is 5.96. The van der Waals surface area contributed by atoms with E-state index in [2.05, 4.69) is 15.2 Å². The van der Waals surface area contributed by atoms with E-state index in [1.165, 1.54) is 0 Å². The summed E-state index contributed by atoms with van der Waals surface area (Å²) in [6.07, 6.45) is 0. The van der Waals surface area contributed by atoms with Crippen LogP contribution in [-0.2, 0) is 6.54 Å². The Hall–Kier alpha value is -4.72.